The zero-order valence-electron chi connectivity index (χ0n) is 8.91. The number of aryl methyl sites for hydroxylation is 2. The lowest BCUT2D eigenvalue weighted by Crippen LogP contribution is -1.89. The number of fused-ring (bicyclic) bond motifs is 1. The average Bonchev–Trinajstić information content (AvgIpc) is 2.44. The van der Waals surface area contributed by atoms with E-state index in [9.17, 15) is 0 Å². The smallest absolute Gasteiger partial charge is 0.0482 e. The third-order valence-electron chi connectivity index (χ3n) is 2.57. The monoisotopic (exact) mass is 185 g/mol. The van der Waals surface area contributed by atoms with Crippen molar-refractivity contribution in [1.82, 2.24) is 4.57 Å². The summed E-state index contributed by atoms with van der Waals surface area (Å²) in [6, 6.07) is 8.78. The lowest BCUT2D eigenvalue weighted by Gasteiger charge is -1.99. The summed E-state index contributed by atoms with van der Waals surface area (Å²) in [5.41, 5.74) is 3.87. The van der Waals surface area contributed by atoms with Crippen LogP contribution in [0.25, 0.3) is 17.0 Å². The topological polar surface area (TPSA) is 4.93 Å². The minimum absolute atomic E-state index is 1.26. The van der Waals surface area contributed by atoms with E-state index in [-0.39, 0.29) is 0 Å². The molecule has 0 atom stereocenters. The number of allylic oxidation sites excluding steroid dienone is 1. The van der Waals surface area contributed by atoms with Crippen molar-refractivity contribution in [2.75, 3.05) is 0 Å². The minimum atomic E-state index is 1.26. The maximum absolute atomic E-state index is 2.22. The molecule has 0 aliphatic carbocycles. The van der Waals surface area contributed by atoms with Gasteiger partial charge in [-0.1, -0.05) is 17.7 Å². The van der Waals surface area contributed by atoms with Crippen molar-refractivity contribution in [2.24, 2.45) is 7.05 Å². The molecule has 0 aliphatic heterocycles. The second kappa shape index (κ2) is 3.33. The molecular weight excluding hydrogens is 170 g/mol. The van der Waals surface area contributed by atoms with Gasteiger partial charge in [-0.3, -0.25) is 0 Å². The van der Waals surface area contributed by atoms with Crippen LogP contribution in [-0.2, 0) is 7.05 Å². The normalized spacial score (nSPS) is 11.6. The fourth-order valence-corrected chi connectivity index (χ4v) is 1.82. The number of rotatable bonds is 1. The molecule has 1 heterocycles. The Morgan fingerprint density at radius 3 is 2.71 bits per heavy atom. The Balaban J connectivity index is 2.73. The van der Waals surface area contributed by atoms with Crippen molar-refractivity contribution in [3.05, 3.63) is 41.6 Å². The predicted molar refractivity (Wildman–Crippen MR) is 62.4 cm³/mol. The van der Waals surface area contributed by atoms with Crippen LogP contribution in [0.15, 0.2) is 30.3 Å². The molecule has 0 spiro atoms. The average molecular weight is 185 g/mol. The molecule has 0 radical (unpaired) electrons. The van der Waals surface area contributed by atoms with Crippen molar-refractivity contribution < 1.29 is 0 Å². The summed E-state index contributed by atoms with van der Waals surface area (Å²) in [7, 11) is 2.10. The van der Waals surface area contributed by atoms with Gasteiger partial charge in [0.25, 0.3) is 0 Å². The van der Waals surface area contributed by atoms with Gasteiger partial charge in [-0.05, 0) is 38.1 Å². The first-order valence-electron chi connectivity index (χ1n) is 4.91. The molecule has 1 heteroatoms. The summed E-state index contributed by atoms with van der Waals surface area (Å²) in [5, 5.41) is 1.32. The molecule has 1 aromatic heterocycles. The Morgan fingerprint density at radius 1 is 1.21 bits per heavy atom. The quantitative estimate of drug-likeness (QED) is 0.640. The van der Waals surface area contributed by atoms with Crippen LogP contribution in [0.2, 0.25) is 0 Å². The number of aromatic nitrogens is 1. The van der Waals surface area contributed by atoms with E-state index >= 15 is 0 Å². The Labute approximate surface area is 84.7 Å². The summed E-state index contributed by atoms with van der Waals surface area (Å²) < 4.78 is 2.22. The zero-order valence-corrected chi connectivity index (χ0v) is 8.91. The standard InChI is InChI=1S/C13H15N/c1-4-5-12-9-11-8-10(2)6-7-13(11)14(12)3/h4-9H,1-3H3/b5-4+. The Bertz CT molecular complexity index is 489. The third-order valence-corrected chi connectivity index (χ3v) is 2.57. The van der Waals surface area contributed by atoms with Crippen molar-refractivity contribution >= 4 is 17.0 Å². The highest BCUT2D eigenvalue weighted by Crippen LogP contribution is 2.20. The highest BCUT2D eigenvalue weighted by atomic mass is 14.9. The van der Waals surface area contributed by atoms with E-state index in [1.54, 1.807) is 0 Å². The molecule has 14 heavy (non-hydrogen) atoms. The Hall–Kier alpha value is -1.50. The lowest BCUT2D eigenvalue weighted by molar-refractivity contribution is 0.954. The molecule has 1 aromatic carbocycles. The van der Waals surface area contributed by atoms with Crippen molar-refractivity contribution in [3.63, 3.8) is 0 Å². The van der Waals surface area contributed by atoms with Crippen LogP contribution in [0.3, 0.4) is 0 Å². The molecule has 72 valence electrons. The van der Waals surface area contributed by atoms with E-state index in [4.69, 9.17) is 0 Å². The summed E-state index contributed by atoms with van der Waals surface area (Å²) in [6.07, 6.45) is 4.20. The van der Waals surface area contributed by atoms with Gasteiger partial charge in [-0.15, -0.1) is 0 Å². The van der Waals surface area contributed by atoms with Crippen LogP contribution in [0.5, 0.6) is 0 Å². The Kier molecular flexibility index (Phi) is 2.16. The SMILES string of the molecule is C/C=C/c1cc2cc(C)ccc2n1C. The van der Waals surface area contributed by atoms with E-state index in [1.165, 1.54) is 22.2 Å². The minimum Gasteiger partial charge on any atom is -0.344 e. The first-order chi connectivity index (χ1) is 6.72. The molecule has 0 saturated carbocycles. The number of hydrogen-bond acceptors (Lipinski definition) is 0. The van der Waals surface area contributed by atoms with Gasteiger partial charge in [0, 0.05) is 23.6 Å². The van der Waals surface area contributed by atoms with Gasteiger partial charge in [0.1, 0.15) is 0 Å². The predicted octanol–water partition coefficient (Wildman–Crippen LogP) is 3.52. The summed E-state index contributed by atoms with van der Waals surface area (Å²) in [4.78, 5) is 0. The van der Waals surface area contributed by atoms with Gasteiger partial charge in [0.05, 0.1) is 0 Å². The van der Waals surface area contributed by atoms with Crippen molar-refractivity contribution in [3.8, 4) is 0 Å². The number of hydrogen-bond donors (Lipinski definition) is 0. The van der Waals surface area contributed by atoms with Gasteiger partial charge >= 0.3 is 0 Å². The van der Waals surface area contributed by atoms with Crippen LogP contribution >= 0.6 is 0 Å². The van der Waals surface area contributed by atoms with E-state index < -0.39 is 0 Å². The maximum atomic E-state index is 2.22. The van der Waals surface area contributed by atoms with Gasteiger partial charge < -0.3 is 4.57 Å². The fraction of sp³-hybridized carbons (Fsp3) is 0.231. The number of benzene rings is 1. The highest BCUT2D eigenvalue weighted by molar-refractivity contribution is 5.84. The maximum Gasteiger partial charge on any atom is 0.0482 e. The van der Waals surface area contributed by atoms with E-state index in [0.717, 1.165) is 0 Å². The molecule has 0 fully saturated rings. The molecule has 0 N–H and O–H groups in total. The van der Waals surface area contributed by atoms with Gasteiger partial charge in [-0.25, -0.2) is 0 Å². The molecule has 2 aromatic rings. The molecule has 0 saturated heterocycles. The highest BCUT2D eigenvalue weighted by Gasteiger charge is 2.02. The summed E-state index contributed by atoms with van der Waals surface area (Å²) in [5.74, 6) is 0. The zero-order chi connectivity index (χ0) is 10.1. The first-order valence-corrected chi connectivity index (χ1v) is 4.91. The summed E-state index contributed by atoms with van der Waals surface area (Å²) in [6.45, 7) is 4.17. The van der Waals surface area contributed by atoms with Crippen molar-refractivity contribution in [1.29, 1.82) is 0 Å². The second-order valence-electron chi connectivity index (χ2n) is 3.69. The van der Waals surface area contributed by atoms with E-state index in [1.807, 2.05) is 6.92 Å². The largest absolute Gasteiger partial charge is 0.344 e. The van der Waals surface area contributed by atoms with Gasteiger partial charge in [0.2, 0.25) is 0 Å². The summed E-state index contributed by atoms with van der Waals surface area (Å²) >= 11 is 0. The second-order valence-corrected chi connectivity index (χ2v) is 3.69. The van der Waals surface area contributed by atoms with Crippen LogP contribution in [0.1, 0.15) is 18.2 Å². The van der Waals surface area contributed by atoms with Gasteiger partial charge in [-0.2, -0.15) is 0 Å². The molecule has 2 rings (SSSR count). The lowest BCUT2D eigenvalue weighted by atomic mass is 10.2. The third kappa shape index (κ3) is 1.35. The first kappa shape index (κ1) is 9.07. The van der Waals surface area contributed by atoms with Crippen LogP contribution in [-0.4, -0.2) is 4.57 Å². The molecule has 1 nitrogen and oxygen atoms in total. The Morgan fingerprint density at radius 2 is 2.00 bits per heavy atom. The van der Waals surface area contributed by atoms with Crippen LogP contribution in [0, 0.1) is 6.92 Å². The van der Waals surface area contributed by atoms with Gasteiger partial charge in [0.15, 0.2) is 0 Å². The molecule has 0 unspecified atom stereocenters. The number of nitrogens with zero attached hydrogens (tertiary/aromatic N) is 1. The molecular formula is C13H15N. The van der Waals surface area contributed by atoms with Crippen molar-refractivity contribution in [2.45, 2.75) is 13.8 Å². The molecule has 0 aliphatic rings. The molecule has 0 bridgehead atoms. The fourth-order valence-electron chi connectivity index (χ4n) is 1.82. The van der Waals surface area contributed by atoms with E-state index in [0.29, 0.717) is 0 Å². The van der Waals surface area contributed by atoms with Crippen LogP contribution < -0.4 is 0 Å². The molecule has 0 amide bonds. The van der Waals surface area contributed by atoms with Crippen LogP contribution in [0.4, 0.5) is 0 Å². The van der Waals surface area contributed by atoms with E-state index in [2.05, 4.69) is 55.0 Å².